The molecule has 0 radical (unpaired) electrons. The molecule has 2 rings (SSSR count). The third-order valence-electron chi connectivity index (χ3n) is 1.89. The van der Waals surface area contributed by atoms with E-state index in [4.69, 9.17) is 5.26 Å². The molecule has 0 saturated carbocycles. The van der Waals surface area contributed by atoms with Crippen molar-refractivity contribution in [1.29, 1.82) is 5.26 Å². The molecule has 0 N–H and O–H groups in total. The molecule has 0 saturated heterocycles. The van der Waals surface area contributed by atoms with Crippen LogP contribution >= 0.6 is 0 Å². The summed E-state index contributed by atoms with van der Waals surface area (Å²) < 4.78 is 13.9. The summed E-state index contributed by atoms with van der Waals surface area (Å²) in [7, 11) is 0. The van der Waals surface area contributed by atoms with E-state index in [9.17, 15) is 9.18 Å². The first kappa shape index (κ1) is 9.98. The maximum atomic E-state index is 12.7. The minimum absolute atomic E-state index is 0.299. The van der Waals surface area contributed by atoms with Crippen LogP contribution in [0.15, 0.2) is 35.4 Å². The van der Waals surface area contributed by atoms with E-state index in [1.165, 1.54) is 35.3 Å². The van der Waals surface area contributed by atoms with Crippen molar-refractivity contribution in [1.82, 2.24) is 14.8 Å². The largest absolute Gasteiger partial charge is 0.309 e. The van der Waals surface area contributed by atoms with Crippen molar-refractivity contribution in [3.63, 3.8) is 0 Å². The molecule has 0 aliphatic rings. The van der Waals surface area contributed by atoms with Crippen molar-refractivity contribution in [3.05, 3.63) is 52.5 Å². The molecule has 78 valence electrons. The molecule has 0 amide bonds. The van der Waals surface area contributed by atoms with Crippen LogP contribution in [-0.4, -0.2) is 14.8 Å². The Morgan fingerprint density at radius 1 is 1.31 bits per heavy atom. The maximum absolute atomic E-state index is 12.7. The predicted molar refractivity (Wildman–Crippen MR) is 52.3 cm³/mol. The lowest BCUT2D eigenvalue weighted by Gasteiger charge is -2.03. The van der Waals surface area contributed by atoms with Gasteiger partial charge in [0.15, 0.2) is 0 Å². The van der Waals surface area contributed by atoms with Crippen molar-refractivity contribution in [2.45, 2.75) is 0 Å². The number of nitriles is 1. The summed E-state index contributed by atoms with van der Waals surface area (Å²) in [4.78, 5) is 14.5. The van der Waals surface area contributed by atoms with E-state index in [0.717, 1.165) is 0 Å². The van der Waals surface area contributed by atoms with Crippen LogP contribution in [0, 0.1) is 17.1 Å². The summed E-state index contributed by atoms with van der Waals surface area (Å²) in [6.45, 7) is 0. The number of aromatic nitrogens is 3. The lowest BCUT2D eigenvalue weighted by Crippen LogP contribution is -2.17. The Labute approximate surface area is 89.4 Å². The van der Waals surface area contributed by atoms with Crippen molar-refractivity contribution in [3.8, 4) is 11.8 Å². The second-order valence-corrected chi connectivity index (χ2v) is 2.93. The van der Waals surface area contributed by atoms with Crippen molar-refractivity contribution < 1.29 is 4.39 Å². The van der Waals surface area contributed by atoms with Gasteiger partial charge >= 0.3 is 5.56 Å². The van der Waals surface area contributed by atoms with E-state index >= 15 is 0 Å². The highest BCUT2D eigenvalue weighted by Crippen LogP contribution is 2.05. The van der Waals surface area contributed by atoms with Crippen LogP contribution in [-0.2, 0) is 0 Å². The summed E-state index contributed by atoms with van der Waals surface area (Å²) in [5.41, 5.74) is -0.460. The topological polar surface area (TPSA) is 71.6 Å². The highest BCUT2D eigenvalue weighted by molar-refractivity contribution is 5.30. The molecule has 2 aromatic rings. The first-order chi connectivity index (χ1) is 7.70. The molecule has 0 atom stereocenters. The molecule has 0 bridgehead atoms. The van der Waals surface area contributed by atoms with Crippen molar-refractivity contribution >= 4 is 0 Å². The second kappa shape index (κ2) is 3.90. The molecule has 16 heavy (non-hydrogen) atoms. The number of halogens is 1. The Morgan fingerprint density at radius 2 is 2.00 bits per heavy atom. The van der Waals surface area contributed by atoms with Gasteiger partial charge in [0.05, 0.1) is 5.69 Å². The standard InChI is InChI=1S/C10H5FN4O/c11-7-1-3-8(4-2-7)15-6-13-10(16)9(5-12)14-15/h1-4,6H. The number of rotatable bonds is 1. The van der Waals surface area contributed by atoms with E-state index < -0.39 is 5.56 Å². The minimum atomic E-state index is -0.680. The van der Waals surface area contributed by atoms with Gasteiger partial charge < -0.3 is 0 Å². The lowest BCUT2D eigenvalue weighted by atomic mass is 10.3. The van der Waals surface area contributed by atoms with Crippen LogP contribution in [0.2, 0.25) is 0 Å². The first-order valence-electron chi connectivity index (χ1n) is 4.33. The van der Waals surface area contributed by atoms with Gasteiger partial charge in [0, 0.05) is 0 Å². The summed E-state index contributed by atoms with van der Waals surface area (Å²) in [5, 5.41) is 12.4. The minimum Gasteiger partial charge on any atom is -0.264 e. The zero-order valence-corrected chi connectivity index (χ0v) is 7.96. The molecule has 0 aliphatic carbocycles. The van der Waals surface area contributed by atoms with Gasteiger partial charge in [-0.05, 0) is 24.3 Å². The Morgan fingerprint density at radius 3 is 2.62 bits per heavy atom. The number of benzene rings is 1. The predicted octanol–water partition coefficient (Wildman–Crippen LogP) is 0.638. The van der Waals surface area contributed by atoms with Gasteiger partial charge in [0.25, 0.3) is 0 Å². The van der Waals surface area contributed by atoms with Crippen LogP contribution in [0.3, 0.4) is 0 Å². The average molecular weight is 216 g/mol. The highest BCUT2D eigenvalue weighted by Gasteiger charge is 2.03. The van der Waals surface area contributed by atoms with Gasteiger partial charge in [0.2, 0.25) is 5.69 Å². The monoisotopic (exact) mass is 216 g/mol. The van der Waals surface area contributed by atoms with Gasteiger partial charge in [-0.1, -0.05) is 0 Å². The fraction of sp³-hybridized carbons (Fsp3) is 0. The molecule has 1 heterocycles. The molecule has 5 nitrogen and oxygen atoms in total. The van der Waals surface area contributed by atoms with Gasteiger partial charge in [-0.3, -0.25) is 4.79 Å². The summed E-state index contributed by atoms with van der Waals surface area (Å²) >= 11 is 0. The van der Waals surface area contributed by atoms with Gasteiger partial charge in [-0.15, -0.1) is 5.10 Å². The Bertz CT molecular complexity index is 612. The van der Waals surface area contributed by atoms with E-state index in [-0.39, 0.29) is 11.5 Å². The van der Waals surface area contributed by atoms with Crippen LogP contribution in [0.5, 0.6) is 0 Å². The quantitative estimate of drug-likeness (QED) is 0.701. The van der Waals surface area contributed by atoms with E-state index in [0.29, 0.717) is 5.69 Å². The Kier molecular flexibility index (Phi) is 2.44. The zero-order valence-electron chi connectivity index (χ0n) is 7.96. The maximum Gasteiger partial charge on any atom is 0.309 e. The van der Waals surface area contributed by atoms with Crippen molar-refractivity contribution in [2.75, 3.05) is 0 Å². The van der Waals surface area contributed by atoms with Crippen LogP contribution in [0.4, 0.5) is 4.39 Å². The molecular formula is C10H5FN4O. The fourth-order valence-electron chi connectivity index (χ4n) is 1.13. The average Bonchev–Trinajstić information content (AvgIpc) is 2.31. The van der Waals surface area contributed by atoms with E-state index in [1.807, 2.05) is 0 Å². The lowest BCUT2D eigenvalue weighted by molar-refractivity contribution is 0.626. The molecule has 0 spiro atoms. The zero-order chi connectivity index (χ0) is 11.5. The van der Waals surface area contributed by atoms with Crippen molar-refractivity contribution in [2.24, 2.45) is 0 Å². The molecule has 0 fully saturated rings. The third kappa shape index (κ3) is 1.79. The molecule has 0 aliphatic heterocycles. The normalized spacial score (nSPS) is 9.75. The van der Waals surface area contributed by atoms with Gasteiger partial charge in [0.1, 0.15) is 18.2 Å². The number of hydrogen-bond acceptors (Lipinski definition) is 4. The van der Waals surface area contributed by atoms with Crippen LogP contribution in [0.25, 0.3) is 5.69 Å². The van der Waals surface area contributed by atoms with Gasteiger partial charge in [-0.25, -0.2) is 9.07 Å². The van der Waals surface area contributed by atoms with Crippen LogP contribution in [0.1, 0.15) is 5.69 Å². The molecular weight excluding hydrogens is 211 g/mol. The third-order valence-corrected chi connectivity index (χ3v) is 1.89. The van der Waals surface area contributed by atoms with Gasteiger partial charge in [-0.2, -0.15) is 10.2 Å². The molecule has 6 heteroatoms. The fourth-order valence-corrected chi connectivity index (χ4v) is 1.13. The summed E-state index contributed by atoms with van der Waals surface area (Å²) in [6, 6.07) is 7.07. The SMILES string of the molecule is N#Cc1nn(-c2ccc(F)cc2)cnc1=O. The Balaban J connectivity index is 2.53. The first-order valence-corrected chi connectivity index (χ1v) is 4.33. The summed E-state index contributed by atoms with van der Waals surface area (Å²) in [6.07, 6.45) is 1.18. The smallest absolute Gasteiger partial charge is 0.264 e. The molecule has 0 unspecified atom stereocenters. The summed E-state index contributed by atoms with van der Waals surface area (Å²) in [5.74, 6) is -0.377. The second-order valence-electron chi connectivity index (χ2n) is 2.93. The van der Waals surface area contributed by atoms with Crippen LogP contribution < -0.4 is 5.56 Å². The molecule has 1 aromatic heterocycles. The number of nitrogens with zero attached hydrogens (tertiary/aromatic N) is 4. The Hall–Kier alpha value is -2.55. The van der Waals surface area contributed by atoms with E-state index in [1.54, 1.807) is 6.07 Å². The molecule has 1 aromatic carbocycles. The number of hydrogen-bond donors (Lipinski definition) is 0. The van der Waals surface area contributed by atoms with E-state index in [2.05, 4.69) is 10.1 Å². The highest BCUT2D eigenvalue weighted by atomic mass is 19.1.